The fourth-order valence-electron chi connectivity index (χ4n) is 5.87. The van der Waals surface area contributed by atoms with Gasteiger partial charge in [-0.2, -0.15) is 0 Å². The van der Waals surface area contributed by atoms with Crippen LogP contribution in [-0.4, -0.2) is 99.3 Å². The fourth-order valence-corrected chi connectivity index (χ4v) is 6.66. The Hall–Kier alpha value is -2.45. The lowest BCUT2D eigenvalue weighted by molar-refractivity contribution is -0.161. The van der Waals surface area contributed by atoms with Crippen molar-refractivity contribution in [3.05, 3.63) is 60.8 Å². The second-order valence-corrected chi connectivity index (χ2v) is 17.2. The normalized spacial score (nSPS) is 16.0. The predicted octanol–water partition coefficient (Wildman–Crippen LogP) is 8.66. The minimum absolute atomic E-state index is 0.0932. The molecule has 0 heterocycles. The van der Waals surface area contributed by atoms with Gasteiger partial charge in [0.15, 0.2) is 6.10 Å². The second-order valence-electron chi connectivity index (χ2n) is 15.7. The number of hydrogen-bond donors (Lipinski definition) is 6. The summed E-state index contributed by atoms with van der Waals surface area (Å²) >= 11 is 0. The van der Waals surface area contributed by atoms with E-state index in [4.69, 9.17) is 19.1 Å². The summed E-state index contributed by atoms with van der Waals surface area (Å²) < 4.78 is 32.5. The number of rotatable bonds is 40. The van der Waals surface area contributed by atoms with E-state index in [0.29, 0.717) is 12.8 Å². The van der Waals surface area contributed by atoms with Gasteiger partial charge in [-0.05, 0) is 38.0 Å². The van der Waals surface area contributed by atoms with E-state index in [1.54, 1.807) is 42.5 Å². The molecule has 0 aliphatic heterocycles. The molecule has 13 nitrogen and oxygen atoms in total. The van der Waals surface area contributed by atoms with Gasteiger partial charge in [-0.15, -0.1) is 0 Å². The fraction of sp³-hybridized carbons (Fsp3) is 0.739. The molecule has 0 aliphatic carbocycles. The van der Waals surface area contributed by atoms with Crippen LogP contribution in [0.3, 0.4) is 0 Å². The molecular formula is C46H81O13P. The van der Waals surface area contributed by atoms with Crippen molar-refractivity contribution in [2.75, 3.05) is 26.4 Å². The number of unbranched alkanes of at least 4 members (excludes halogenated alkanes) is 13. The van der Waals surface area contributed by atoms with Crippen LogP contribution in [0.15, 0.2) is 60.8 Å². The third-order valence-electron chi connectivity index (χ3n) is 9.46. The van der Waals surface area contributed by atoms with Crippen molar-refractivity contribution in [3.63, 3.8) is 0 Å². The number of carbonyl (C=O) groups is 2. The molecule has 0 bridgehead atoms. The molecule has 0 fully saturated rings. The van der Waals surface area contributed by atoms with Gasteiger partial charge in [-0.25, -0.2) is 4.57 Å². The van der Waals surface area contributed by atoms with Gasteiger partial charge in [0.25, 0.3) is 0 Å². The Morgan fingerprint density at radius 1 is 0.617 bits per heavy atom. The van der Waals surface area contributed by atoms with Gasteiger partial charge in [0.2, 0.25) is 0 Å². The monoisotopic (exact) mass is 873 g/mol. The molecule has 0 spiro atoms. The van der Waals surface area contributed by atoms with Gasteiger partial charge in [-0.1, -0.05) is 171 Å². The van der Waals surface area contributed by atoms with Crippen molar-refractivity contribution in [3.8, 4) is 0 Å². The summed E-state index contributed by atoms with van der Waals surface area (Å²) in [5.41, 5.74) is 0. The van der Waals surface area contributed by atoms with Crippen LogP contribution >= 0.6 is 7.82 Å². The summed E-state index contributed by atoms with van der Waals surface area (Å²) in [7, 11) is -4.70. The number of ether oxygens (including phenoxy) is 2. The highest BCUT2D eigenvalue weighted by atomic mass is 31.2. The molecule has 0 aliphatic rings. The average molecular weight is 873 g/mol. The Morgan fingerprint density at radius 2 is 1.13 bits per heavy atom. The van der Waals surface area contributed by atoms with Gasteiger partial charge in [0.1, 0.15) is 12.7 Å². The maximum absolute atomic E-state index is 12.6. The molecule has 0 aromatic carbocycles. The zero-order valence-corrected chi connectivity index (χ0v) is 37.8. The first kappa shape index (κ1) is 57.5. The highest BCUT2D eigenvalue weighted by Crippen LogP contribution is 2.43. The summed E-state index contributed by atoms with van der Waals surface area (Å²) in [6, 6.07) is 0. The van der Waals surface area contributed by atoms with Gasteiger partial charge < -0.3 is 39.9 Å². The molecule has 0 saturated carbocycles. The second kappa shape index (κ2) is 39.4. The van der Waals surface area contributed by atoms with Crippen LogP contribution in [0, 0.1) is 5.92 Å². The lowest BCUT2D eigenvalue weighted by Crippen LogP contribution is -2.30. The lowest BCUT2D eigenvalue weighted by atomic mass is 10.0. The average Bonchev–Trinajstić information content (AvgIpc) is 3.21. The smallest absolute Gasteiger partial charge is 0.462 e. The largest absolute Gasteiger partial charge is 0.472 e. The van der Waals surface area contributed by atoms with E-state index in [2.05, 4.69) is 18.4 Å². The number of hydrogen-bond acceptors (Lipinski definition) is 12. The Bertz CT molecular complexity index is 1250. The van der Waals surface area contributed by atoms with Crippen molar-refractivity contribution < 1.29 is 63.1 Å². The standard InChI is InChI=1S/C46H81O13P/c1-4-5-22-29-40(48)30-24-19-16-17-20-25-31-43(50)44(51)32-27-34-45(52)56-37-42(38-58-60(54,55)57-36-41(49)35-47)59-46(53)33-26-21-15-13-11-9-7-6-8-10-12-14-18-23-28-39(2)3/h5,16-17,19-20,22,24-25,30-31,39-44,47-51H,4,6-15,18,21,23,26-29,32-38H2,1-3H3,(H,54,55)/b19-16+,20-17-,22-5-,30-24+,31-25-/t40-,41+,42-,43+,44+/m1/s1. The van der Waals surface area contributed by atoms with Crippen LogP contribution in [0.25, 0.3) is 0 Å². The first-order chi connectivity index (χ1) is 28.8. The van der Waals surface area contributed by atoms with Crippen molar-refractivity contribution in [1.29, 1.82) is 0 Å². The number of esters is 2. The molecule has 0 saturated heterocycles. The van der Waals surface area contributed by atoms with Crippen LogP contribution in [-0.2, 0) is 32.7 Å². The molecule has 348 valence electrons. The molecule has 1 unspecified atom stereocenters. The Kier molecular flexibility index (Phi) is 37.8. The number of aliphatic hydroxyl groups excluding tert-OH is 5. The van der Waals surface area contributed by atoms with Crippen LogP contribution in [0.2, 0.25) is 0 Å². The third kappa shape index (κ3) is 38.5. The highest BCUT2D eigenvalue weighted by molar-refractivity contribution is 7.47. The van der Waals surface area contributed by atoms with Gasteiger partial charge in [0.05, 0.1) is 38.1 Å². The minimum Gasteiger partial charge on any atom is -0.462 e. The van der Waals surface area contributed by atoms with Crippen molar-refractivity contribution >= 4 is 19.8 Å². The third-order valence-corrected chi connectivity index (χ3v) is 10.4. The molecule has 60 heavy (non-hydrogen) atoms. The topological polar surface area (TPSA) is 210 Å². The summed E-state index contributed by atoms with van der Waals surface area (Å²) in [6.45, 7) is 4.12. The predicted molar refractivity (Wildman–Crippen MR) is 237 cm³/mol. The first-order valence-electron chi connectivity index (χ1n) is 22.4. The van der Waals surface area contributed by atoms with Crippen LogP contribution in [0.1, 0.15) is 156 Å². The summed E-state index contributed by atoms with van der Waals surface area (Å²) in [6.07, 6.45) is 31.4. The Labute approximate surface area is 361 Å². The minimum atomic E-state index is -4.70. The first-order valence-corrected chi connectivity index (χ1v) is 23.9. The maximum Gasteiger partial charge on any atom is 0.472 e. The summed E-state index contributed by atoms with van der Waals surface area (Å²) in [5, 5.41) is 48.7. The molecule has 14 heteroatoms. The van der Waals surface area contributed by atoms with E-state index in [9.17, 15) is 39.5 Å². The van der Waals surface area contributed by atoms with Crippen molar-refractivity contribution in [2.24, 2.45) is 5.92 Å². The molecule has 0 aromatic rings. The number of allylic oxidation sites excluding steroid dienone is 7. The van der Waals surface area contributed by atoms with Gasteiger partial charge in [-0.3, -0.25) is 18.6 Å². The molecule has 6 N–H and O–H groups in total. The number of carbonyl (C=O) groups excluding carboxylic acids is 2. The van der Waals surface area contributed by atoms with Crippen molar-refractivity contribution in [2.45, 2.75) is 186 Å². The zero-order valence-electron chi connectivity index (χ0n) is 36.9. The summed E-state index contributed by atoms with van der Waals surface area (Å²) in [5.74, 6) is -0.454. The number of aliphatic hydroxyl groups is 5. The number of phosphoric acid groups is 1. The Morgan fingerprint density at radius 3 is 1.70 bits per heavy atom. The van der Waals surface area contributed by atoms with E-state index in [0.717, 1.165) is 31.6 Å². The zero-order chi connectivity index (χ0) is 44.7. The van der Waals surface area contributed by atoms with E-state index in [-0.39, 0.29) is 25.7 Å². The summed E-state index contributed by atoms with van der Waals surface area (Å²) in [4.78, 5) is 35.1. The molecule has 6 atom stereocenters. The van der Waals surface area contributed by atoms with Crippen LogP contribution in [0.5, 0.6) is 0 Å². The van der Waals surface area contributed by atoms with E-state index in [1.807, 2.05) is 19.1 Å². The van der Waals surface area contributed by atoms with Crippen molar-refractivity contribution in [1.82, 2.24) is 0 Å². The van der Waals surface area contributed by atoms with Crippen LogP contribution < -0.4 is 0 Å². The van der Waals surface area contributed by atoms with E-state index >= 15 is 0 Å². The molecular weight excluding hydrogens is 791 g/mol. The molecule has 0 radical (unpaired) electrons. The van der Waals surface area contributed by atoms with Crippen LogP contribution in [0.4, 0.5) is 0 Å². The Balaban J connectivity index is 4.58. The van der Waals surface area contributed by atoms with Gasteiger partial charge >= 0.3 is 19.8 Å². The van der Waals surface area contributed by atoms with E-state index in [1.165, 1.54) is 76.7 Å². The maximum atomic E-state index is 12.6. The highest BCUT2D eigenvalue weighted by Gasteiger charge is 2.27. The molecule has 0 rings (SSSR count). The van der Waals surface area contributed by atoms with E-state index < -0.39 is 76.7 Å². The van der Waals surface area contributed by atoms with Gasteiger partial charge in [0, 0.05) is 12.8 Å². The molecule has 0 aromatic heterocycles. The lowest BCUT2D eigenvalue weighted by Gasteiger charge is -2.20. The molecule has 0 amide bonds. The quantitative estimate of drug-likeness (QED) is 0.0112. The SMILES string of the molecule is CC/C=C\C[C@@H](O)/C=C/C=C/C=C\C=C/[C@H](O)[C@@H](O)CCCC(=O)OC[C@H](COP(=O)(O)OC[C@@H](O)CO)OC(=O)CCCCCCCCCCCCCCCCC(C)C. The number of phosphoric ester groups is 1.